The zero-order chi connectivity index (χ0) is 38.4. The van der Waals surface area contributed by atoms with Gasteiger partial charge in [-0.25, -0.2) is 27.2 Å². The maximum absolute atomic E-state index is 14.7. The molecular weight excluding hydrogens is 723 g/mol. The predicted molar refractivity (Wildman–Crippen MR) is 192 cm³/mol. The topological polar surface area (TPSA) is 177 Å². The van der Waals surface area contributed by atoms with Gasteiger partial charge < -0.3 is 20.3 Å². The summed E-state index contributed by atoms with van der Waals surface area (Å²) in [6.45, 7) is 3.06. The first kappa shape index (κ1) is 37.3. The van der Waals surface area contributed by atoms with Crippen LogP contribution in [0.4, 0.5) is 8.78 Å². The number of para-hydroxylation sites is 1. The van der Waals surface area contributed by atoms with Gasteiger partial charge in [0, 0.05) is 17.9 Å². The highest BCUT2D eigenvalue weighted by molar-refractivity contribution is 7.91. The van der Waals surface area contributed by atoms with Crippen molar-refractivity contribution in [3.8, 4) is 5.88 Å². The molecule has 54 heavy (non-hydrogen) atoms. The highest BCUT2D eigenvalue weighted by atomic mass is 32.2. The third-order valence-electron chi connectivity index (χ3n) is 10.9. The summed E-state index contributed by atoms with van der Waals surface area (Å²) >= 11 is 0. The fourth-order valence-electron chi connectivity index (χ4n) is 7.17. The molecule has 1 aromatic heterocycles. The molecule has 3 aromatic rings. The van der Waals surface area contributed by atoms with Crippen LogP contribution in [0.2, 0.25) is 0 Å². The first-order chi connectivity index (χ1) is 25.7. The SMILES string of the molecule is Cc1nc2cccc(F)c2nc1O[C@@H]1C[C@H]2C(=O)N[C@]3(C(=O)NS(=O)(=O)C4(C)CC4)C[C@H]3C=CCCCCC[C@H](NC(=O)c3ccc(F)cc3)C(=O)N2C1. The molecule has 0 radical (unpaired) electrons. The number of nitrogens with one attached hydrogen (secondary N) is 3. The van der Waals surface area contributed by atoms with Crippen molar-refractivity contribution in [2.24, 2.45) is 5.92 Å². The Hall–Kier alpha value is -4.99. The molecule has 5 atom stereocenters. The Bertz CT molecular complexity index is 2150. The zero-order valence-electron chi connectivity index (χ0n) is 29.9. The summed E-state index contributed by atoms with van der Waals surface area (Å²) in [4.78, 5) is 66.0. The second-order valence-corrected chi connectivity index (χ2v) is 17.2. The van der Waals surface area contributed by atoms with Gasteiger partial charge in [0.15, 0.2) is 5.82 Å². The molecule has 2 saturated carbocycles. The summed E-state index contributed by atoms with van der Waals surface area (Å²) < 4.78 is 61.9. The zero-order valence-corrected chi connectivity index (χ0v) is 30.8. The summed E-state index contributed by atoms with van der Waals surface area (Å²) in [5.41, 5.74) is -0.774. The van der Waals surface area contributed by atoms with E-state index in [4.69, 9.17) is 4.74 Å². The summed E-state index contributed by atoms with van der Waals surface area (Å²) in [5, 5.41) is 5.60. The molecule has 0 bridgehead atoms. The van der Waals surface area contributed by atoms with Crippen LogP contribution in [0.3, 0.4) is 0 Å². The fraction of sp³-hybridized carbons (Fsp3) is 0.474. The number of halogens is 2. The number of ether oxygens (including phenoxy) is 1. The lowest BCUT2D eigenvalue weighted by Gasteiger charge is -2.30. The predicted octanol–water partition coefficient (Wildman–Crippen LogP) is 3.76. The number of sulfonamides is 1. The molecule has 3 heterocycles. The fourth-order valence-corrected chi connectivity index (χ4v) is 8.49. The van der Waals surface area contributed by atoms with Crippen molar-refractivity contribution in [2.45, 2.75) is 100 Å². The average Bonchev–Trinajstić information content (AvgIpc) is 4.01. The van der Waals surface area contributed by atoms with Gasteiger partial charge in [0.05, 0.1) is 16.8 Å². The lowest BCUT2D eigenvalue weighted by molar-refractivity contribution is -0.141. The van der Waals surface area contributed by atoms with E-state index in [1.807, 2.05) is 12.2 Å². The van der Waals surface area contributed by atoms with Crippen LogP contribution in [0, 0.1) is 24.5 Å². The van der Waals surface area contributed by atoms with E-state index < -0.39 is 79.7 Å². The lowest BCUT2D eigenvalue weighted by atomic mass is 10.0. The Morgan fingerprint density at radius 3 is 2.54 bits per heavy atom. The molecule has 2 aromatic carbocycles. The molecule has 1 saturated heterocycles. The third-order valence-corrected chi connectivity index (χ3v) is 13.1. The molecule has 2 aliphatic heterocycles. The second kappa shape index (κ2) is 14.3. The van der Waals surface area contributed by atoms with Crippen LogP contribution >= 0.6 is 0 Å². The number of amides is 4. The minimum absolute atomic E-state index is 0.0105. The van der Waals surface area contributed by atoms with Gasteiger partial charge in [0.25, 0.3) is 11.8 Å². The Morgan fingerprint density at radius 1 is 1.04 bits per heavy atom. The van der Waals surface area contributed by atoms with Crippen molar-refractivity contribution in [3.05, 3.63) is 77.5 Å². The smallest absolute Gasteiger partial charge is 0.259 e. The van der Waals surface area contributed by atoms with Crippen LogP contribution in [0.1, 0.15) is 80.8 Å². The lowest BCUT2D eigenvalue weighted by Crippen LogP contribution is -2.58. The molecule has 13 nitrogen and oxygen atoms in total. The summed E-state index contributed by atoms with van der Waals surface area (Å²) in [6.07, 6.45) is 6.68. The first-order valence-electron chi connectivity index (χ1n) is 18.2. The highest BCUT2D eigenvalue weighted by Crippen LogP contribution is 2.47. The molecule has 4 amide bonds. The van der Waals surface area contributed by atoms with Crippen LogP contribution in [0.5, 0.6) is 5.88 Å². The van der Waals surface area contributed by atoms with Crippen LogP contribution in [-0.4, -0.2) is 81.9 Å². The number of benzene rings is 2. The van der Waals surface area contributed by atoms with Crippen molar-refractivity contribution in [2.75, 3.05) is 6.54 Å². The van der Waals surface area contributed by atoms with Crippen LogP contribution < -0.4 is 20.1 Å². The Labute approximate surface area is 311 Å². The number of aryl methyl sites for hydroxylation is 1. The molecular formula is C38H42F2N6O7S. The molecule has 0 spiro atoms. The van der Waals surface area contributed by atoms with E-state index in [0.29, 0.717) is 43.3 Å². The van der Waals surface area contributed by atoms with Gasteiger partial charge in [-0.2, -0.15) is 0 Å². The van der Waals surface area contributed by atoms with Crippen molar-refractivity contribution < 1.29 is 41.1 Å². The molecule has 4 aliphatic rings. The quantitative estimate of drug-likeness (QED) is 0.303. The minimum Gasteiger partial charge on any atom is -0.471 e. The van der Waals surface area contributed by atoms with E-state index in [9.17, 15) is 36.4 Å². The van der Waals surface area contributed by atoms with Gasteiger partial charge in [-0.1, -0.05) is 31.1 Å². The Balaban J connectivity index is 1.20. The van der Waals surface area contributed by atoms with Crippen LogP contribution in [0.25, 0.3) is 11.0 Å². The van der Waals surface area contributed by atoms with E-state index in [1.165, 1.54) is 29.2 Å². The van der Waals surface area contributed by atoms with Gasteiger partial charge in [0.1, 0.15) is 40.8 Å². The number of fused-ring (bicyclic) bond motifs is 3. The maximum atomic E-state index is 14.7. The number of rotatable bonds is 7. The number of carbonyl (C=O) groups is 4. The van der Waals surface area contributed by atoms with E-state index in [0.717, 1.165) is 18.6 Å². The molecule has 3 fully saturated rings. The number of nitrogens with zero attached hydrogens (tertiary/aromatic N) is 3. The second-order valence-electron chi connectivity index (χ2n) is 15.0. The maximum Gasteiger partial charge on any atom is 0.259 e. The molecule has 16 heteroatoms. The number of allylic oxidation sites excluding steroid dienone is 1. The van der Waals surface area contributed by atoms with Crippen molar-refractivity contribution in [3.63, 3.8) is 0 Å². The number of carbonyl (C=O) groups excluding carboxylic acids is 4. The average molecular weight is 765 g/mol. The van der Waals surface area contributed by atoms with Gasteiger partial charge in [0.2, 0.25) is 27.7 Å². The minimum atomic E-state index is -4.03. The molecule has 0 unspecified atom stereocenters. The van der Waals surface area contributed by atoms with Gasteiger partial charge in [-0.05, 0) is 88.8 Å². The third kappa shape index (κ3) is 7.39. The first-order valence-corrected chi connectivity index (χ1v) is 19.7. The molecule has 2 aliphatic carbocycles. The summed E-state index contributed by atoms with van der Waals surface area (Å²) in [6, 6.07) is 6.97. The highest BCUT2D eigenvalue weighted by Gasteiger charge is 2.63. The van der Waals surface area contributed by atoms with Crippen LogP contribution in [0.15, 0.2) is 54.6 Å². The molecule has 7 rings (SSSR count). The summed E-state index contributed by atoms with van der Waals surface area (Å²) in [5.74, 6) is -4.34. The van der Waals surface area contributed by atoms with E-state index in [-0.39, 0.29) is 42.8 Å². The Kier molecular flexibility index (Phi) is 9.91. The van der Waals surface area contributed by atoms with Crippen molar-refractivity contribution in [1.82, 2.24) is 30.2 Å². The van der Waals surface area contributed by atoms with E-state index in [1.54, 1.807) is 19.9 Å². The standard InChI is InChI=1S/C38H42F2N6O7S/c1-22-34(43-31-27(40)10-8-12-28(31)41-22)53-26-19-30-33(48)44-38(36(50)45-54(51,52)37(2)17-18-37)20-24(38)9-6-4-3-5-7-11-29(35(49)46(30)21-26)42-32(47)23-13-15-25(39)16-14-23/h6,8-10,12-16,24,26,29-30H,3-5,7,11,17-21H2,1-2H3,(H,42,47)(H,44,48)(H,45,50)/t24-,26-,29+,30+,38-/m1/s1. The Morgan fingerprint density at radius 2 is 1.80 bits per heavy atom. The van der Waals surface area contributed by atoms with E-state index >= 15 is 0 Å². The van der Waals surface area contributed by atoms with Crippen LogP contribution in [-0.2, 0) is 24.4 Å². The molecule has 286 valence electrons. The van der Waals surface area contributed by atoms with Gasteiger partial charge in [-0.3, -0.25) is 23.9 Å². The van der Waals surface area contributed by atoms with Gasteiger partial charge in [-0.15, -0.1) is 0 Å². The molecule has 3 N–H and O–H groups in total. The number of hydrogen-bond acceptors (Lipinski definition) is 9. The van der Waals surface area contributed by atoms with Crippen molar-refractivity contribution in [1.29, 1.82) is 0 Å². The summed E-state index contributed by atoms with van der Waals surface area (Å²) in [7, 11) is -4.03. The number of aromatic nitrogens is 2. The van der Waals surface area contributed by atoms with Gasteiger partial charge >= 0.3 is 0 Å². The normalized spacial score (nSPS) is 26.8. The number of hydrogen-bond donors (Lipinski definition) is 3. The van der Waals surface area contributed by atoms with Crippen molar-refractivity contribution >= 4 is 44.7 Å². The monoisotopic (exact) mass is 764 g/mol. The van der Waals surface area contributed by atoms with E-state index in [2.05, 4.69) is 25.3 Å². The largest absolute Gasteiger partial charge is 0.471 e.